The highest BCUT2D eigenvalue weighted by Gasteiger charge is 2.59. The monoisotopic (exact) mass is 627 g/mol. The molecule has 3 fully saturated rings. The van der Waals surface area contributed by atoms with Crippen molar-refractivity contribution in [3.05, 3.63) is 58.9 Å². The van der Waals surface area contributed by atoms with E-state index in [0.29, 0.717) is 68.1 Å². The second-order valence-corrected chi connectivity index (χ2v) is 12.4. The third-order valence-electron chi connectivity index (χ3n) is 9.69. The predicted octanol–water partition coefficient (Wildman–Crippen LogP) is 2.94. The Morgan fingerprint density at radius 2 is 2.11 bits per heavy atom. The highest BCUT2D eigenvalue weighted by molar-refractivity contribution is 5.87. The number of rotatable bonds is 7. The summed E-state index contributed by atoms with van der Waals surface area (Å²) in [6.45, 7) is 1.79. The normalized spacial score (nSPS) is 27.9. The summed E-state index contributed by atoms with van der Waals surface area (Å²) in [7, 11) is 1.65. The van der Waals surface area contributed by atoms with E-state index >= 15 is 0 Å². The Morgan fingerprint density at radius 3 is 2.89 bits per heavy atom. The molecule has 4 heterocycles. The van der Waals surface area contributed by atoms with Gasteiger partial charge in [0, 0.05) is 70.3 Å². The van der Waals surface area contributed by atoms with Gasteiger partial charge in [0.15, 0.2) is 6.61 Å². The Balaban J connectivity index is 1.21. The van der Waals surface area contributed by atoms with E-state index in [4.69, 9.17) is 19.5 Å². The first kappa shape index (κ1) is 31.3. The second-order valence-electron chi connectivity index (χ2n) is 12.4. The molecule has 2 saturated heterocycles. The number of carbonyl (C=O) groups excluding carboxylic acids is 2. The number of hydrogen-bond donors (Lipinski definition) is 1. The van der Waals surface area contributed by atoms with Gasteiger partial charge in [-0.05, 0) is 55.0 Å². The van der Waals surface area contributed by atoms with Gasteiger partial charge in [-0.2, -0.15) is 18.4 Å². The number of amides is 2. The van der Waals surface area contributed by atoms with Crippen molar-refractivity contribution in [3.8, 4) is 11.8 Å². The zero-order chi connectivity index (χ0) is 31.8. The van der Waals surface area contributed by atoms with Crippen LogP contribution in [-0.2, 0) is 38.2 Å². The molecule has 240 valence electrons. The van der Waals surface area contributed by atoms with Crippen molar-refractivity contribution < 1.29 is 37.0 Å². The lowest BCUT2D eigenvalue weighted by Gasteiger charge is -2.37. The molecule has 2 aromatic rings. The molecule has 5 atom stereocenters. The van der Waals surface area contributed by atoms with Crippen LogP contribution in [0.1, 0.15) is 41.6 Å². The Kier molecular flexibility index (Phi) is 8.74. The standard InChI is InChI=1S/C32H36F3N5O5/c1-43-28-17-44-8-6-27(28)38-24-11-23-16-40(29(41)18-45-25-4-2-3-20(9-25)13-36)19-31(23,12-24)30(42)39-7-5-26-21(15-39)10-22(14-37-26)32(33,34)35/h2-4,9-10,14,23-24,27-28,38H,5-8,11-12,15-19H2,1H3/t23-,24+,27?,28?,31-/m0/s1. The Labute approximate surface area is 259 Å². The summed E-state index contributed by atoms with van der Waals surface area (Å²) in [5.41, 5.74) is -0.348. The van der Waals surface area contributed by atoms with Gasteiger partial charge in [0.2, 0.25) is 5.91 Å². The number of nitrogens with one attached hydrogen (secondary N) is 1. The largest absolute Gasteiger partial charge is 0.484 e. The van der Waals surface area contributed by atoms with Crippen LogP contribution in [0.15, 0.2) is 36.5 Å². The molecule has 10 nitrogen and oxygen atoms in total. The molecule has 0 radical (unpaired) electrons. The van der Waals surface area contributed by atoms with Crippen molar-refractivity contribution in [2.75, 3.05) is 46.6 Å². The van der Waals surface area contributed by atoms with E-state index in [0.717, 1.165) is 18.7 Å². The molecule has 0 bridgehead atoms. The van der Waals surface area contributed by atoms with Crippen molar-refractivity contribution in [3.63, 3.8) is 0 Å². The molecular weight excluding hydrogens is 591 g/mol. The minimum atomic E-state index is -4.53. The van der Waals surface area contributed by atoms with Gasteiger partial charge in [-0.1, -0.05) is 6.07 Å². The minimum absolute atomic E-state index is 0.00232. The number of methoxy groups -OCH3 is 1. The Hall–Kier alpha value is -3.73. The fourth-order valence-corrected chi connectivity index (χ4v) is 7.42. The van der Waals surface area contributed by atoms with E-state index in [1.54, 1.807) is 41.2 Å². The van der Waals surface area contributed by atoms with Crippen LogP contribution < -0.4 is 10.1 Å². The van der Waals surface area contributed by atoms with E-state index < -0.39 is 17.2 Å². The molecule has 6 rings (SSSR count). The summed E-state index contributed by atoms with van der Waals surface area (Å²) in [5.74, 6) is -0.154. The average molecular weight is 628 g/mol. The Morgan fingerprint density at radius 1 is 1.27 bits per heavy atom. The quantitative estimate of drug-likeness (QED) is 0.498. The van der Waals surface area contributed by atoms with Gasteiger partial charge < -0.3 is 29.3 Å². The second kappa shape index (κ2) is 12.6. The van der Waals surface area contributed by atoms with Gasteiger partial charge in [-0.3, -0.25) is 14.6 Å². The maximum Gasteiger partial charge on any atom is 0.417 e. The zero-order valence-corrected chi connectivity index (χ0v) is 25.0. The summed E-state index contributed by atoms with van der Waals surface area (Å²) in [6, 6.07) is 9.74. The molecule has 4 aliphatic rings. The summed E-state index contributed by atoms with van der Waals surface area (Å²) < 4.78 is 57.2. The molecule has 1 aliphatic carbocycles. The molecule has 2 unspecified atom stereocenters. The van der Waals surface area contributed by atoms with Crippen LogP contribution in [0.25, 0.3) is 0 Å². The number of nitrogens with zero attached hydrogens (tertiary/aromatic N) is 4. The van der Waals surface area contributed by atoms with E-state index in [2.05, 4.69) is 10.3 Å². The van der Waals surface area contributed by atoms with Gasteiger partial charge in [0.1, 0.15) is 5.75 Å². The predicted molar refractivity (Wildman–Crippen MR) is 154 cm³/mol. The van der Waals surface area contributed by atoms with Crippen molar-refractivity contribution in [2.24, 2.45) is 11.3 Å². The van der Waals surface area contributed by atoms with Gasteiger partial charge in [-0.15, -0.1) is 0 Å². The number of carbonyl (C=O) groups is 2. The molecular formula is C32H36F3N5O5. The number of likely N-dealkylation sites (tertiary alicyclic amines) is 1. The van der Waals surface area contributed by atoms with Gasteiger partial charge in [0.25, 0.3) is 5.91 Å². The lowest BCUT2D eigenvalue weighted by Crippen LogP contribution is -2.52. The Bertz CT molecular complexity index is 1480. The van der Waals surface area contributed by atoms with Crippen LogP contribution in [0.3, 0.4) is 0 Å². The maximum atomic E-state index is 14.5. The first-order valence-electron chi connectivity index (χ1n) is 15.2. The van der Waals surface area contributed by atoms with Crippen LogP contribution >= 0.6 is 0 Å². The van der Waals surface area contributed by atoms with E-state index in [9.17, 15) is 22.8 Å². The first-order valence-corrected chi connectivity index (χ1v) is 15.2. The third kappa shape index (κ3) is 6.36. The number of halogens is 3. The van der Waals surface area contributed by atoms with Crippen molar-refractivity contribution in [2.45, 2.75) is 56.6 Å². The summed E-state index contributed by atoms with van der Waals surface area (Å²) in [4.78, 5) is 35.2. The molecule has 1 aromatic carbocycles. The van der Waals surface area contributed by atoms with Crippen molar-refractivity contribution in [1.82, 2.24) is 20.1 Å². The van der Waals surface area contributed by atoms with E-state index in [-0.39, 0.29) is 55.6 Å². The van der Waals surface area contributed by atoms with Crippen LogP contribution in [0.4, 0.5) is 13.2 Å². The van der Waals surface area contributed by atoms with Gasteiger partial charge >= 0.3 is 6.18 Å². The maximum absolute atomic E-state index is 14.5. The fourth-order valence-electron chi connectivity index (χ4n) is 7.42. The van der Waals surface area contributed by atoms with Crippen LogP contribution in [0.5, 0.6) is 5.75 Å². The smallest absolute Gasteiger partial charge is 0.417 e. The molecule has 1 N–H and O–H groups in total. The molecule has 1 aromatic heterocycles. The van der Waals surface area contributed by atoms with Crippen LogP contribution in [-0.4, -0.2) is 91.4 Å². The molecule has 3 aliphatic heterocycles. The van der Waals surface area contributed by atoms with Crippen molar-refractivity contribution in [1.29, 1.82) is 5.26 Å². The number of nitriles is 1. The summed E-state index contributed by atoms with van der Waals surface area (Å²) in [5, 5.41) is 12.9. The van der Waals surface area contributed by atoms with Crippen LogP contribution in [0.2, 0.25) is 0 Å². The lowest BCUT2D eigenvalue weighted by atomic mass is 9.78. The van der Waals surface area contributed by atoms with Gasteiger partial charge in [0.05, 0.1) is 35.3 Å². The first-order chi connectivity index (χ1) is 21.6. The number of alkyl halides is 3. The average Bonchev–Trinajstić information content (AvgIpc) is 3.57. The number of benzene rings is 1. The number of ether oxygens (including phenoxy) is 3. The number of pyridine rings is 1. The van der Waals surface area contributed by atoms with E-state index in [1.807, 2.05) is 6.07 Å². The summed E-state index contributed by atoms with van der Waals surface area (Å²) >= 11 is 0. The van der Waals surface area contributed by atoms with Crippen LogP contribution in [0, 0.1) is 22.7 Å². The molecule has 0 spiro atoms. The van der Waals surface area contributed by atoms with Crippen molar-refractivity contribution >= 4 is 11.8 Å². The highest BCUT2D eigenvalue weighted by Crippen LogP contribution is 2.51. The minimum Gasteiger partial charge on any atom is -0.484 e. The molecule has 13 heteroatoms. The number of hydrogen-bond acceptors (Lipinski definition) is 8. The number of fused-ring (bicyclic) bond motifs is 2. The molecule has 45 heavy (non-hydrogen) atoms. The zero-order valence-electron chi connectivity index (χ0n) is 25.0. The van der Waals surface area contributed by atoms with E-state index in [1.165, 1.54) is 0 Å². The fraction of sp³-hybridized carbons (Fsp3) is 0.562. The number of aromatic nitrogens is 1. The SMILES string of the molecule is COC1COCCC1N[C@@H]1C[C@H]2CN(C(=O)COc3cccc(C#N)c3)C[C@@]2(C(=O)N2CCc3ncc(C(F)(F)F)cc3C2)C1. The lowest BCUT2D eigenvalue weighted by molar-refractivity contribution is -0.144. The summed E-state index contributed by atoms with van der Waals surface area (Å²) in [6.07, 6.45) is -1.51. The van der Waals surface area contributed by atoms with Gasteiger partial charge in [-0.25, -0.2) is 0 Å². The third-order valence-corrected chi connectivity index (χ3v) is 9.69. The molecule has 2 amide bonds. The topological polar surface area (TPSA) is 117 Å². The molecule has 1 saturated carbocycles. The highest BCUT2D eigenvalue weighted by atomic mass is 19.4.